The lowest BCUT2D eigenvalue weighted by atomic mass is 10.0. The maximum atomic E-state index is 12.5. The second kappa shape index (κ2) is 55.9. The molecule has 0 aromatic rings. The van der Waals surface area contributed by atoms with Crippen LogP contribution in [0.25, 0.3) is 0 Å². The van der Waals surface area contributed by atoms with E-state index in [0.717, 1.165) is 38.5 Å². The zero-order chi connectivity index (χ0) is 47.9. The topological polar surface area (TPSA) is 89.8 Å². The molecule has 0 heterocycles. The lowest BCUT2D eigenvalue weighted by molar-refractivity contribution is -0.124. The Morgan fingerprint density at radius 3 is 0.970 bits per heavy atom. The molecule has 0 radical (unpaired) electrons. The van der Waals surface area contributed by atoms with Gasteiger partial charge in [-0.25, -0.2) is 0 Å². The fourth-order valence-corrected chi connectivity index (χ4v) is 9.08. The third-order valence-corrected chi connectivity index (χ3v) is 13.6. The molecule has 0 aromatic carbocycles. The van der Waals surface area contributed by atoms with E-state index in [0.29, 0.717) is 6.42 Å². The van der Waals surface area contributed by atoms with E-state index in [1.165, 1.54) is 244 Å². The van der Waals surface area contributed by atoms with Crippen molar-refractivity contribution in [1.82, 2.24) is 5.32 Å². The molecule has 4 N–H and O–H groups in total. The number of carbonyl (C=O) groups excluding carboxylic acids is 1. The highest BCUT2D eigenvalue weighted by Crippen LogP contribution is 2.17. The van der Waals surface area contributed by atoms with E-state index in [9.17, 15) is 20.1 Å². The monoisotopic (exact) mass is 926 g/mol. The summed E-state index contributed by atoms with van der Waals surface area (Å²) in [7, 11) is 0. The summed E-state index contributed by atoms with van der Waals surface area (Å²) in [5, 5.41) is 33.4. The third kappa shape index (κ3) is 51.7. The zero-order valence-corrected chi connectivity index (χ0v) is 44.3. The van der Waals surface area contributed by atoms with Crippen LogP contribution >= 0.6 is 0 Å². The molecule has 0 aliphatic rings. The molecule has 66 heavy (non-hydrogen) atoms. The Balaban J connectivity index is 3.55. The number of carbonyl (C=O) groups is 1. The number of aliphatic hydroxyl groups is 3. The maximum absolute atomic E-state index is 12.5. The van der Waals surface area contributed by atoms with Crippen molar-refractivity contribution in [3.8, 4) is 0 Å². The van der Waals surface area contributed by atoms with E-state index in [1.54, 1.807) is 6.08 Å². The molecule has 0 aromatic heterocycles. The van der Waals surface area contributed by atoms with E-state index >= 15 is 0 Å². The fourth-order valence-electron chi connectivity index (χ4n) is 9.08. The van der Waals surface area contributed by atoms with E-state index in [-0.39, 0.29) is 18.9 Å². The van der Waals surface area contributed by atoms with Crippen molar-refractivity contribution in [1.29, 1.82) is 0 Å². The molecule has 0 bridgehead atoms. The standard InChI is InChI=1S/C61H115NO4/c1-3-5-7-9-11-13-15-17-19-21-23-24-25-26-27-28-29-30-31-32-33-34-35-36-37-38-40-42-44-46-48-50-52-54-58(64)56-61(66)62-59(57-63)60(65)55-53-51-49-47-45-43-41-39-22-20-18-16-14-12-10-8-6-4-2/h22,28-29,39,45,47,53,55,58-60,63-65H,3-21,23-27,30-38,40-44,46,48-52,54,56-57H2,1-2H3,(H,62,66)/b29-28-,39-22+,47-45+,55-53+. The summed E-state index contributed by atoms with van der Waals surface area (Å²) in [5.74, 6) is -0.326. The highest BCUT2D eigenvalue weighted by atomic mass is 16.3. The molecule has 3 unspecified atom stereocenters. The quantitative estimate of drug-likeness (QED) is 0.0361. The molecule has 0 aliphatic heterocycles. The summed E-state index contributed by atoms with van der Waals surface area (Å²) in [5.41, 5.74) is 0. The van der Waals surface area contributed by atoms with Crippen LogP contribution in [0.5, 0.6) is 0 Å². The third-order valence-electron chi connectivity index (χ3n) is 13.6. The molecular weight excluding hydrogens is 811 g/mol. The molecule has 5 nitrogen and oxygen atoms in total. The number of allylic oxidation sites excluding steroid dienone is 7. The van der Waals surface area contributed by atoms with Crippen LogP contribution in [-0.2, 0) is 4.79 Å². The van der Waals surface area contributed by atoms with Crippen LogP contribution in [0.2, 0.25) is 0 Å². The predicted molar refractivity (Wildman–Crippen MR) is 291 cm³/mol. The number of hydrogen-bond acceptors (Lipinski definition) is 4. The average Bonchev–Trinajstić information content (AvgIpc) is 3.31. The molecule has 0 fully saturated rings. The van der Waals surface area contributed by atoms with Gasteiger partial charge < -0.3 is 20.6 Å². The van der Waals surface area contributed by atoms with Gasteiger partial charge in [0, 0.05) is 0 Å². The Bertz CT molecular complexity index is 1070. The number of rotatable bonds is 54. The lowest BCUT2D eigenvalue weighted by Gasteiger charge is -2.21. The van der Waals surface area contributed by atoms with Crippen molar-refractivity contribution in [2.24, 2.45) is 0 Å². The van der Waals surface area contributed by atoms with Crippen LogP contribution < -0.4 is 5.32 Å². The fraction of sp³-hybridized carbons (Fsp3) is 0.852. The average molecular weight is 927 g/mol. The van der Waals surface area contributed by atoms with Crippen molar-refractivity contribution >= 4 is 5.91 Å². The van der Waals surface area contributed by atoms with Crippen molar-refractivity contribution in [3.63, 3.8) is 0 Å². The van der Waals surface area contributed by atoms with E-state index < -0.39 is 18.2 Å². The van der Waals surface area contributed by atoms with Gasteiger partial charge >= 0.3 is 0 Å². The Hall–Kier alpha value is -1.69. The summed E-state index contributed by atoms with van der Waals surface area (Å²) < 4.78 is 0. The summed E-state index contributed by atoms with van der Waals surface area (Å²) in [4.78, 5) is 12.5. The molecule has 0 saturated heterocycles. The predicted octanol–water partition coefficient (Wildman–Crippen LogP) is 18.4. The van der Waals surface area contributed by atoms with Gasteiger partial charge in [0.05, 0.1) is 31.3 Å². The summed E-state index contributed by atoms with van der Waals surface area (Å²) in [6.07, 6.45) is 74.6. The Morgan fingerprint density at radius 2 is 0.652 bits per heavy atom. The van der Waals surface area contributed by atoms with Gasteiger partial charge in [-0.3, -0.25) is 4.79 Å². The maximum Gasteiger partial charge on any atom is 0.222 e. The SMILES string of the molecule is CCCCCCCCCC/C=C/CC/C=C/CC/C=C/C(O)C(CO)NC(=O)CC(O)CCCCCCCCCCCCCCCCC/C=C\CCCCCCCCCCCCCCCC. The van der Waals surface area contributed by atoms with Crippen LogP contribution in [0.3, 0.4) is 0 Å². The van der Waals surface area contributed by atoms with E-state index in [1.807, 2.05) is 6.08 Å². The van der Waals surface area contributed by atoms with Gasteiger partial charge in [-0.2, -0.15) is 0 Å². The van der Waals surface area contributed by atoms with Crippen LogP contribution in [0.15, 0.2) is 48.6 Å². The van der Waals surface area contributed by atoms with Gasteiger partial charge in [0.1, 0.15) is 0 Å². The summed E-state index contributed by atoms with van der Waals surface area (Å²) in [6, 6.07) is -0.768. The minimum absolute atomic E-state index is 0.00331. The second-order valence-electron chi connectivity index (χ2n) is 20.2. The highest BCUT2D eigenvalue weighted by molar-refractivity contribution is 5.76. The Kier molecular flexibility index (Phi) is 54.5. The first-order chi connectivity index (χ1) is 32.5. The van der Waals surface area contributed by atoms with Crippen LogP contribution in [0, 0.1) is 0 Å². The molecule has 0 saturated carbocycles. The number of aliphatic hydroxyl groups excluding tert-OH is 3. The van der Waals surface area contributed by atoms with Crippen molar-refractivity contribution in [2.45, 2.75) is 327 Å². The van der Waals surface area contributed by atoms with Gasteiger partial charge in [0.2, 0.25) is 5.91 Å². The first-order valence-corrected chi connectivity index (χ1v) is 29.4. The van der Waals surface area contributed by atoms with E-state index in [4.69, 9.17) is 0 Å². The summed E-state index contributed by atoms with van der Waals surface area (Å²) in [6.45, 7) is 4.22. The Morgan fingerprint density at radius 1 is 0.379 bits per heavy atom. The minimum atomic E-state index is -0.961. The second-order valence-corrected chi connectivity index (χ2v) is 20.2. The number of amides is 1. The first kappa shape index (κ1) is 64.3. The number of unbranched alkanes of at least 4 members (excludes halogenated alkanes) is 39. The minimum Gasteiger partial charge on any atom is -0.394 e. The van der Waals surface area contributed by atoms with Crippen molar-refractivity contribution in [2.75, 3.05) is 6.61 Å². The molecule has 0 spiro atoms. The molecular formula is C61H115NO4. The summed E-state index contributed by atoms with van der Waals surface area (Å²) >= 11 is 0. The van der Waals surface area contributed by atoms with Gasteiger partial charge in [0.25, 0.3) is 0 Å². The Labute approximate surface area is 412 Å². The van der Waals surface area contributed by atoms with Crippen molar-refractivity contribution < 1.29 is 20.1 Å². The molecule has 0 rings (SSSR count). The van der Waals surface area contributed by atoms with Crippen LogP contribution in [0.4, 0.5) is 0 Å². The molecule has 3 atom stereocenters. The first-order valence-electron chi connectivity index (χ1n) is 29.4. The largest absolute Gasteiger partial charge is 0.394 e. The number of nitrogens with one attached hydrogen (secondary N) is 1. The lowest BCUT2D eigenvalue weighted by Crippen LogP contribution is -2.45. The van der Waals surface area contributed by atoms with E-state index in [2.05, 4.69) is 55.6 Å². The molecule has 0 aliphatic carbocycles. The van der Waals surface area contributed by atoms with Crippen LogP contribution in [-0.4, -0.2) is 46.1 Å². The zero-order valence-electron chi connectivity index (χ0n) is 44.3. The van der Waals surface area contributed by atoms with Gasteiger partial charge in [-0.05, 0) is 70.6 Å². The number of hydrogen-bond donors (Lipinski definition) is 4. The van der Waals surface area contributed by atoms with Gasteiger partial charge in [0.15, 0.2) is 0 Å². The van der Waals surface area contributed by atoms with Crippen molar-refractivity contribution in [3.05, 3.63) is 48.6 Å². The van der Waals surface area contributed by atoms with Gasteiger partial charge in [-0.15, -0.1) is 0 Å². The molecule has 5 heteroatoms. The van der Waals surface area contributed by atoms with Gasteiger partial charge in [-0.1, -0.05) is 281 Å². The highest BCUT2D eigenvalue weighted by Gasteiger charge is 2.20. The normalized spacial score (nSPS) is 13.6. The van der Waals surface area contributed by atoms with Crippen LogP contribution in [0.1, 0.15) is 309 Å². The molecule has 1 amide bonds. The molecule has 388 valence electrons. The smallest absolute Gasteiger partial charge is 0.222 e.